The number of rotatable bonds is 14. The van der Waals surface area contributed by atoms with E-state index in [2.05, 4.69) is 61.5 Å². The molecule has 3 aromatic carbocycles. The summed E-state index contributed by atoms with van der Waals surface area (Å²) in [5, 5.41) is 11.2. The first-order valence-electron chi connectivity index (χ1n) is 25.1. The van der Waals surface area contributed by atoms with E-state index in [0.717, 1.165) is 76.6 Å². The van der Waals surface area contributed by atoms with E-state index in [1.54, 1.807) is 54.3 Å². The molecule has 446 valence electrons. The average molecular weight is 1390 g/mol. The summed E-state index contributed by atoms with van der Waals surface area (Å²) in [7, 11) is -7.16. The Balaban J connectivity index is 0.000000303. The van der Waals surface area contributed by atoms with Crippen LogP contribution in [0.5, 0.6) is 0 Å². The Morgan fingerprint density at radius 2 is 0.904 bits per heavy atom. The highest BCUT2D eigenvalue weighted by Crippen LogP contribution is 2.32. The van der Waals surface area contributed by atoms with Crippen molar-refractivity contribution in [2.24, 2.45) is 10.3 Å². The molecule has 83 heavy (non-hydrogen) atoms. The van der Waals surface area contributed by atoms with Crippen molar-refractivity contribution in [3.63, 3.8) is 0 Å². The molecule has 0 radical (unpaired) electrons. The summed E-state index contributed by atoms with van der Waals surface area (Å²) in [6, 6.07) is 34.1. The number of likely N-dealkylation sites (N-methyl/N-ethyl adjacent to an activating group) is 3. The first kappa shape index (κ1) is 67.6. The number of nitrogens with zero attached hydrogens (tertiary/aromatic N) is 8. The fraction of sp³-hybridized carbons (Fsp3) is 0.245. The van der Waals surface area contributed by atoms with Gasteiger partial charge in [0.05, 0.1) is 59.1 Å². The maximum atomic E-state index is 12.6. The number of nitrogens with two attached hydrogens (primary N) is 2. The number of hydrogen-bond donors (Lipinski definition) is 3. The minimum atomic E-state index is -3.82. The molecule has 0 aliphatic carbocycles. The Morgan fingerprint density at radius 1 is 0.554 bits per heavy atom. The van der Waals surface area contributed by atoms with Gasteiger partial charge in [-0.15, -0.1) is 0 Å². The molecule has 0 bridgehead atoms. The van der Waals surface area contributed by atoms with Crippen LogP contribution < -0.4 is 29.7 Å². The fourth-order valence-corrected chi connectivity index (χ4v) is 13.3. The number of nitrogens with one attached hydrogen (secondary N) is 1. The maximum Gasteiger partial charge on any atom is 0.251 e. The number of carbonyl (C=O) groups is 3. The van der Waals surface area contributed by atoms with Crippen molar-refractivity contribution in [1.82, 2.24) is 29.6 Å². The average Bonchev–Trinajstić information content (AvgIpc) is 4.32. The van der Waals surface area contributed by atoms with Crippen LogP contribution in [0.3, 0.4) is 0 Å². The lowest BCUT2D eigenvalue weighted by Gasteiger charge is -2.14. The number of pyridine rings is 2. The smallest absolute Gasteiger partial charge is 0.251 e. The number of sulfonamides is 3. The molecule has 0 spiro atoms. The van der Waals surface area contributed by atoms with Crippen LogP contribution in [0, 0.1) is 27.7 Å². The molecule has 20 nitrogen and oxygen atoms in total. The van der Waals surface area contributed by atoms with Crippen LogP contribution in [-0.4, -0.2) is 110 Å². The van der Waals surface area contributed by atoms with Crippen molar-refractivity contribution < 1.29 is 51.2 Å². The fourth-order valence-electron chi connectivity index (χ4n) is 6.58. The molecule has 5 heterocycles. The van der Waals surface area contributed by atoms with Crippen molar-refractivity contribution in [1.29, 1.82) is 0 Å². The third kappa shape index (κ3) is 22.1. The van der Waals surface area contributed by atoms with Gasteiger partial charge in [0.25, 0.3) is 10.0 Å². The predicted octanol–water partition coefficient (Wildman–Crippen LogP) is 9.32. The normalized spacial score (nSPS) is 11.1. The quantitative estimate of drug-likeness (QED) is 0.0855. The number of carbonyl (C=O) groups excluding carboxylic acids is 3. The predicted molar refractivity (Wildman–Crippen MR) is 332 cm³/mol. The lowest BCUT2D eigenvalue weighted by atomic mass is 10.1. The van der Waals surface area contributed by atoms with E-state index in [1.807, 2.05) is 116 Å². The van der Waals surface area contributed by atoms with Gasteiger partial charge in [0.1, 0.15) is 4.60 Å². The second kappa shape index (κ2) is 33.3. The number of aromatic nitrogens is 5. The minimum Gasteiger partial charge on any atom is -0.291 e. The number of primary sulfonamides is 2. The number of alkyl halides is 2. The first-order chi connectivity index (χ1) is 39.9. The number of benzene rings is 3. The zero-order chi connectivity index (χ0) is 63.8. The molecule has 0 fully saturated rings. The van der Waals surface area contributed by atoms with Gasteiger partial charge < -0.3 is 0 Å². The molecule has 0 aliphatic rings. The summed E-state index contributed by atoms with van der Waals surface area (Å²) in [4.78, 5) is 61.9. The van der Waals surface area contributed by atoms with Crippen LogP contribution in [0.25, 0.3) is 11.3 Å². The highest BCUT2D eigenvalue weighted by molar-refractivity contribution is 9.10. The molecule has 8 rings (SSSR count). The van der Waals surface area contributed by atoms with E-state index in [0.29, 0.717) is 32.5 Å². The van der Waals surface area contributed by atoms with Crippen LogP contribution in [0.4, 0.5) is 24.2 Å². The topological polar surface area (TPSA) is 292 Å². The van der Waals surface area contributed by atoms with Crippen LogP contribution in [-0.2, 0) is 63.7 Å². The Kier molecular flexibility index (Phi) is 27.2. The van der Waals surface area contributed by atoms with Crippen molar-refractivity contribution in [3.05, 3.63) is 170 Å². The van der Waals surface area contributed by atoms with Crippen LogP contribution in [0.15, 0.2) is 143 Å². The molecule has 0 aliphatic heterocycles. The summed E-state index contributed by atoms with van der Waals surface area (Å²) in [5.74, 6) is -0.525. The molecular formula is C53H61Br2F2N11O9S6. The summed E-state index contributed by atoms with van der Waals surface area (Å²) >= 11 is 9.29. The number of thiazole rings is 3. The summed E-state index contributed by atoms with van der Waals surface area (Å²) < 4.78 is 105. The second-order valence-corrected chi connectivity index (χ2v) is 27.2. The van der Waals surface area contributed by atoms with Gasteiger partial charge in [-0.2, -0.15) is 0 Å². The first-order valence-corrected chi connectivity index (χ1v) is 32.3. The van der Waals surface area contributed by atoms with E-state index in [-0.39, 0.29) is 49.6 Å². The molecule has 8 aromatic rings. The van der Waals surface area contributed by atoms with Gasteiger partial charge in [0, 0.05) is 43.6 Å². The second-order valence-electron chi connectivity index (χ2n) is 17.0. The van der Waals surface area contributed by atoms with Crippen molar-refractivity contribution >= 4 is 129 Å². The van der Waals surface area contributed by atoms with E-state index in [1.165, 1.54) is 21.7 Å². The molecule has 0 saturated heterocycles. The summed E-state index contributed by atoms with van der Waals surface area (Å²) in [5.41, 5.74) is 6.54. The number of hydrogen-bond acceptors (Lipinski definition) is 17. The lowest BCUT2D eigenvalue weighted by molar-refractivity contribution is -0.118. The molecule has 5 N–H and O–H groups in total. The van der Waals surface area contributed by atoms with Gasteiger partial charge in [-0.3, -0.25) is 42.8 Å². The Labute approximate surface area is 514 Å². The van der Waals surface area contributed by atoms with E-state index in [4.69, 9.17) is 13.0 Å². The molecule has 0 atom stereocenters. The number of amides is 3. The number of halogens is 4. The standard InChI is InChI=1S/C19H20N4O3S2.C14H17N3O3S2.C13H14BrN3O3S2.C5H4BrN.2CH3F/c1-13-18(28(25,26)20-2)27-19(22-13)23(3)17(24)12-14-7-9-15(10-8-14)16-6-4-5-11-21-16;1-9-4-6-11(7-5-9)8-12(18)17(3)14-16-10(2)13(21-14)22(15,19)20;1-8-12(22(15,19)20)21-13(16-8)17(2)11(18)7-9-3-5-10(14)6-4-9;6-5-3-1-2-4-7-5;2*1-2/h4-11,20H,12H2,1-3H3;4-7H,8H2,1-3H3,(H2,15,19,20);3-6H,7H2,1-2H3,(H2,15,19,20);1-4H;2*1H3/i;;;;2*1D. The summed E-state index contributed by atoms with van der Waals surface area (Å²) in [6.45, 7) is 6.69. The maximum absolute atomic E-state index is 12.6. The number of aryl methyl sites for hydroxylation is 4. The van der Waals surface area contributed by atoms with Gasteiger partial charge >= 0.3 is 0 Å². The molecule has 0 unspecified atom stereocenters. The Hall–Kier alpha value is -6.19. The highest BCUT2D eigenvalue weighted by Gasteiger charge is 2.26. The van der Waals surface area contributed by atoms with Crippen LogP contribution >= 0.6 is 65.9 Å². The lowest BCUT2D eigenvalue weighted by Crippen LogP contribution is -2.27. The largest absolute Gasteiger partial charge is 0.291 e. The van der Waals surface area contributed by atoms with Gasteiger partial charge in [-0.1, -0.05) is 128 Å². The van der Waals surface area contributed by atoms with Crippen molar-refractivity contribution in [2.45, 2.75) is 59.6 Å². The van der Waals surface area contributed by atoms with Gasteiger partial charge in [0.15, 0.2) is 28.0 Å². The highest BCUT2D eigenvalue weighted by atomic mass is 79.9. The van der Waals surface area contributed by atoms with E-state index < -0.39 is 44.4 Å². The Morgan fingerprint density at radius 3 is 1.22 bits per heavy atom. The third-order valence-corrected chi connectivity index (χ3v) is 20.7. The zero-order valence-electron chi connectivity index (χ0n) is 48.0. The van der Waals surface area contributed by atoms with Crippen LogP contribution in [0.1, 0.15) is 42.1 Å². The van der Waals surface area contributed by atoms with Crippen molar-refractivity contribution in [3.8, 4) is 11.3 Å². The number of anilines is 3. The van der Waals surface area contributed by atoms with Crippen molar-refractivity contribution in [2.75, 3.05) is 57.2 Å². The SMILES string of the molecule is Brc1ccccn1.CNS(=O)(=O)c1sc(N(C)C(=O)Cc2ccc(-c3ccccn3)cc2)nc1C.Cc1ccc(CC(=O)N(C)c2nc(C)c(S(N)(=O)=O)s2)cc1.Cc1nc(N(C)C(=O)Cc2ccc(Br)cc2)sc1S(N)(=O)=O.[2H]CF.[2H]CF. The third-order valence-electron chi connectivity index (χ3n) is 10.9. The Bertz CT molecular complexity index is 3650. The van der Waals surface area contributed by atoms with E-state index in [9.17, 15) is 48.4 Å². The minimum absolute atomic E-state index is 0.0162. The molecule has 0 saturated carbocycles. The zero-order valence-corrected chi connectivity index (χ0v) is 54.0. The summed E-state index contributed by atoms with van der Waals surface area (Å²) in [6.07, 6.45) is 4.09. The molecular weight excluding hydrogens is 1320 g/mol. The van der Waals surface area contributed by atoms with E-state index >= 15 is 0 Å². The molecule has 5 aromatic heterocycles. The van der Waals surface area contributed by atoms with Gasteiger partial charge in [0.2, 0.25) is 37.8 Å². The monoisotopic (exact) mass is 1390 g/mol. The molecule has 30 heteroatoms. The van der Waals surface area contributed by atoms with Gasteiger partial charge in [-0.25, -0.2) is 60.2 Å². The molecule has 3 amide bonds. The van der Waals surface area contributed by atoms with Crippen LogP contribution in [0.2, 0.25) is 0 Å². The van der Waals surface area contributed by atoms with Gasteiger partial charge in [-0.05, 0) is 104 Å².